The van der Waals surface area contributed by atoms with Crippen LogP contribution >= 0.6 is 24.0 Å². The van der Waals surface area contributed by atoms with Crippen molar-refractivity contribution in [3.8, 4) is 5.75 Å². The van der Waals surface area contributed by atoms with Crippen LogP contribution in [0, 0.1) is 0 Å². The summed E-state index contributed by atoms with van der Waals surface area (Å²) in [5.74, 6) is -0.269. The fourth-order valence-corrected chi connectivity index (χ4v) is 3.05. The zero-order chi connectivity index (χ0) is 20.5. The molecule has 0 aliphatic rings. The lowest BCUT2D eigenvalue weighted by molar-refractivity contribution is -0.140. The zero-order valence-corrected chi connectivity index (χ0v) is 17.0. The van der Waals surface area contributed by atoms with Gasteiger partial charge in [-0.05, 0) is 67.7 Å². The van der Waals surface area contributed by atoms with E-state index in [1.54, 1.807) is 24.3 Å². The lowest BCUT2D eigenvalue weighted by Crippen LogP contribution is -2.11. The highest BCUT2D eigenvalue weighted by Crippen LogP contribution is 2.29. The predicted molar refractivity (Wildman–Crippen MR) is 111 cm³/mol. The first-order valence-corrected chi connectivity index (χ1v) is 9.58. The summed E-state index contributed by atoms with van der Waals surface area (Å²) in [6.07, 6.45) is 0.321. The SMILES string of the molecule is CC(=O)ON=C(C)C(=O)c1ccc(Sc2ccc(OC(=S)CCO)cc2)cc1. The lowest BCUT2D eigenvalue weighted by Gasteiger charge is -2.07. The molecule has 2 rings (SSSR count). The van der Waals surface area contributed by atoms with Gasteiger partial charge in [-0.25, -0.2) is 4.79 Å². The number of aliphatic hydroxyl groups is 1. The van der Waals surface area contributed by atoms with E-state index in [2.05, 4.69) is 9.99 Å². The first kappa shape index (κ1) is 21.7. The summed E-state index contributed by atoms with van der Waals surface area (Å²) in [6.45, 7) is 2.67. The number of carbonyl (C=O) groups excluding carboxylic acids is 2. The van der Waals surface area contributed by atoms with Gasteiger partial charge in [0.1, 0.15) is 11.5 Å². The Kier molecular flexibility index (Phi) is 8.31. The molecule has 0 unspecified atom stereocenters. The molecule has 0 aromatic heterocycles. The average molecular weight is 418 g/mol. The van der Waals surface area contributed by atoms with E-state index in [4.69, 9.17) is 22.1 Å². The molecule has 0 aliphatic carbocycles. The standard InChI is InChI=1S/C20H19NO5S2/c1-13(21-26-14(2)23)20(24)15-3-7-17(8-4-15)28-18-9-5-16(6-10-18)25-19(27)11-12-22/h3-10,22H,11-12H2,1-2H3. The highest BCUT2D eigenvalue weighted by atomic mass is 32.2. The number of rotatable bonds is 8. The van der Waals surface area contributed by atoms with Crippen molar-refractivity contribution in [3.05, 3.63) is 54.1 Å². The number of ether oxygens (including phenoxy) is 1. The van der Waals surface area contributed by atoms with Gasteiger partial charge in [0.15, 0.2) is 5.05 Å². The molecule has 0 saturated carbocycles. The molecule has 0 bridgehead atoms. The van der Waals surface area contributed by atoms with E-state index < -0.39 is 5.97 Å². The molecule has 0 spiro atoms. The maximum atomic E-state index is 12.2. The molecular formula is C20H19NO5S2. The normalized spacial score (nSPS) is 11.0. The van der Waals surface area contributed by atoms with Crippen molar-refractivity contribution in [1.29, 1.82) is 0 Å². The van der Waals surface area contributed by atoms with E-state index in [-0.39, 0.29) is 18.1 Å². The van der Waals surface area contributed by atoms with Gasteiger partial charge in [-0.2, -0.15) is 0 Å². The second kappa shape index (κ2) is 10.7. The second-order valence-corrected chi connectivity index (χ2v) is 7.24. The minimum atomic E-state index is -0.578. The van der Waals surface area contributed by atoms with Crippen molar-refractivity contribution < 1.29 is 24.3 Å². The number of benzene rings is 2. The number of thiocarbonyl (C=S) groups is 1. The van der Waals surface area contributed by atoms with Crippen molar-refractivity contribution in [2.75, 3.05) is 6.61 Å². The molecule has 0 saturated heterocycles. The molecule has 1 N–H and O–H groups in total. The van der Waals surface area contributed by atoms with Crippen molar-refractivity contribution >= 4 is 46.5 Å². The molecule has 0 amide bonds. The number of oxime groups is 1. The molecule has 2 aromatic carbocycles. The molecule has 0 fully saturated rings. The van der Waals surface area contributed by atoms with E-state index in [0.717, 1.165) is 9.79 Å². The van der Waals surface area contributed by atoms with Gasteiger partial charge in [0, 0.05) is 28.7 Å². The van der Waals surface area contributed by atoms with Crippen LogP contribution in [0.5, 0.6) is 5.75 Å². The van der Waals surface area contributed by atoms with Crippen molar-refractivity contribution in [2.45, 2.75) is 30.1 Å². The Labute approximate surface area is 172 Å². The third-order valence-electron chi connectivity index (χ3n) is 3.36. The quantitative estimate of drug-likeness (QED) is 0.228. The Morgan fingerprint density at radius 1 is 1.04 bits per heavy atom. The van der Waals surface area contributed by atoms with E-state index in [0.29, 0.717) is 22.8 Å². The third-order valence-corrected chi connectivity index (χ3v) is 4.67. The Bertz CT molecular complexity index is 876. The first-order chi connectivity index (χ1) is 13.4. The number of ketones is 1. The molecule has 8 heteroatoms. The van der Waals surface area contributed by atoms with Gasteiger partial charge in [-0.3, -0.25) is 4.79 Å². The molecular weight excluding hydrogens is 398 g/mol. The maximum absolute atomic E-state index is 12.2. The van der Waals surface area contributed by atoms with Crippen LogP contribution < -0.4 is 4.74 Å². The van der Waals surface area contributed by atoms with Crippen LogP contribution in [0.4, 0.5) is 0 Å². The number of nitrogens with zero attached hydrogens (tertiary/aromatic N) is 1. The summed E-state index contributed by atoms with van der Waals surface area (Å²) >= 11 is 6.53. The molecule has 0 radical (unpaired) electrons. The van der Waals surface area contributed by atoms with Gasteiger partial charge >= 0.3 is 5.97 Å². The van der Waals surface area contributed by atoms with Gasteiger partial charge in [0.25, 0.3) is 0 Å². The smallest absolute Gasteiger partial charge is 0.331 e. The van der Waals surface area contributed by atoms with E-state index >= 15 is 0 Å². The molecule has 6 nitrogen and oxygen atoms in total. The minimum Gasteiger partial charge on any atom is -0.450 e. The third kappa shape index (κ3) is 6.88. The number of Topliss-reactive ketones (excluding diaryl/α,β-unsaturated/α-hetero) is 1. The van der Waals surface area contributed by atoms with E-state index in [9.17, 15) is 9.59 Å². The van der Waals surface area contributed by atoms with Gasteiger partial charge in [0.2, 0.25) is 5.78 Å². The summed E-state index contributed by atoms with van der Waals surface area (Å²) in [5.41, 5.74) is 0.559. The first-order valence-electron chi connectivity index (χ1n) is 8.35. The summed E-state index contributed by atoms with van der Waals surface area (Å²) in [5, 5.41) is 12.7. The molecule has 146 valence electrons. The Morgan fingerprint density at radius 3 is 2.14 bits per heavy atom. The fraction of sp³-hybridized carbons (Fsp3) is 0.200. The predicted octanol–water partition coefficient (Wildman–Crippen LogP) is 4.05. The largest absolute Gasteiger partial charge is 0.450 e. The van der Waals surface area contributed by atoms with Crippen LogP contribution in [0.15, 0.2) is 63.5 Å². The summed E-state index contributed by atoms with van der Waals surface area (Å²) in [6, 6.07) is 14.5. The minimum absolute atomic E-state index is 0.0413. The van der Waals surface area contributed by atoms with E-state index in [1.165, 1.54) is 25.6 Å². The Morgan fingerprint density at radius 2 is 1.61 bits per heavy atom. The van der Waals surface area contributed by atoms with Crippen LogP contribution in [-0.4, -0.2) is 34.2 Å². The molecule has 0 heterocycles. The van der Waals surface area contributed by atoms with Crippen molar-refractivity contribution in [1.82, 2.24) is 0 Å². The second-order valence-electron chi connectivity index (χ2n) is 5.63. The van der Waals surface area contributed by atoms with Crippen LogP contribution in [0.3, 0.4) is 0 Å². The zero-order valence-electron chi connectivity index (χ0n) is 15.4. The lowest BCUT2D eigenvalue weighted by atomic mass is 10.1. The fourth-order valence-electron chi connectivity index (χ4n) is 2.04. The maximum Gasteiger partial charge on any atom is 0.331 e. The monoisotopic (exact) mass is 417 g/mol. The highest BCUT2D eigenvalue weighted by Gasteiger charge is 2.11. The van der Waals surface area contributed by atoms with Gasteiger partial charge in [-0.1, -0.05) is 16.9 Å². The van der Waals surface area contributed by atoms with E-state index in [1.807, 2.05) is 24.3 Å². The number of aliphatic hydroxyl groups excluding tert-OH is 1. The van der Waals surface area contributed by atoms with Crippen LogP contribution in [-0.2, 0) is 9.63 Å². The molecule has 2 aromatic rings. The van der Waals surface area contributed by atoms with Crippen LogP contribution in [0.2, 0.25) is 0 Å². The molecule has 28 heavy (non-hydrogen) atoms. The number of hydrogen-bond acceptors (Lipinski definition) is 8. The van der Waals surface area contributed by atoms with Crippen molar-refractivity contribution in [2.24, 2.45) is 5.16 Å². The Hall–Kier alpha value is -2.55. The summed E-state index contributed by atoms with van der Waals surface area (Å²) < 4.78 is 5.44. The topological polar surface area (TPSA) is 85.2 Å². The van der Waals surface area contributed by atoms with Gasteiger partial charge < -0.3 is 14.7 Å². The summed E-state index contributed by atoms with van der Waals surface area (Å²) in [4.78, 5) is 29.4. The average Bonchev–Trinajstić information content (AvgIpc) is 2.68. The van der Waals surface area contributed by atoms with Crippen LogP contribution in [0.25, 0.3) is 0 Å². The summed E-state index contributed by atoms with van der Waals surface area (Å²) in [7, 11) is 0. The Balaban J connectivity index is 1.98. The molecule has 0 atom stereocenters. The molecule has 0 aliphatic heterocycles. The van der Waals surface area contributed by atoms with Gasteiger partial charge in [0.05, 0.1) is 6.61 Å². The van der Waals surface area contributed by atoms with Gasteiger partial charge in [-0.15, -0.1) is 0 Å². The number of hydrogen-bond donors (Lipinski definition) is 1. The van der Waals surface area contributed by atoms with Crippen LogP contribution in [0.1, 0.15) is 30.6 Å². The number of carbonyl (C=O) groups is 2. The van der Waals surface area contributed by atoms with Crippen molar-refractivity contribution in [3.63, 3.8) is 0 Å². The highest BCUT2D eigenvalue weighted by molar-refractivity contribution is 7.99.